The summed E-state index contributed by atoms with van der Waals surface area (Å²) in [5, 5.41) is 9.56. The van der Waals surface area contributed by atoms with Gasteiger partial charge in [-0.3, -0.25) is 5.26 Å². The van der Waals surface area contributed by atoms with Crippen molar-refractivity contribution in [3.63, 3.8) is 0 Å². The molecule has 4 saturated carbocycles. The van der Waals surface area contributed by atoms with Gasteiger partial charge in [0.1, 0.15) is 6.10 Å². The Morgan fingerprint density at radius 3 is 1.90 bits per heavy atom. The van der Waals surface area contributed by atoms with Crippen molar-refractivity contribution in [3.8, 4) is 0 Å². The van der Waals surface area contributed by atoms with Gasteiger partial charge in [0.2, 0.25) is 0 Å². The topological polar surface area (TPSA) is 29.5 Å². The molecule has 0 radical (unpaired) electrons. The minimum Gasteiger partial charge on any atom is -0.252 e. The van der Waals surface area contributed by atoms with Gasteiger partial charge < -0.3 is 0 Å². The molecule has 2 atom stereocenters. The summed E-state index contributed by atoms with van der Waals surface area (Å²) in [6, 6.07) is 0. The summed E-state index contributed by atoms with van der Waals surface area (Å²) in [4.78, 5) is 5.06. The Hall–Kier alpha value is -0.0800. The van der Waals surface area contributed by atoms with E-state index in [1.165, 1.54) is 38.5 Å². The molecule has 0 heterocycles. The third-order valence-electron chi connectivity index (χ3n) is 7.39. The largest absolute Gasteiger partial charge is 0.252 e. The minimum atomic E-state index is -0.0243. The SMILES string of the molecule is CCC(C)C(OO)C(C)(C)C12CC3CC(CC(C3)C1)C2. The zero-order valence-electron chi connectivity index (χ0n) is 13.7. The molecule has 20 heavy (non-hydrogen) atoms. The Kier molecular flexibility index (Phi) is 3.70. The van der Waals surface area contributed by atoms with Gasteiger partial charge in [0, 0.05) is 5.41 Å². The van der Waals surface area contributed by atoms with Crippen LogP contribution in [0.5, 0.6) is 0 Å². The van der Waals surface area contributed by atoms with Crippen LogP contribution in [0.1, 0.15) is 72.6 Å². The molecule has 0 amide bonds. The molecule has 2 unspecified atom stereocenters. The molecule has 4 aliphatic rings. The van der Waals surface area contributed by atoms with E-state index >= 15 is 0 Å². The summed E-state index contributed by atoms with van der Waals surface area (Å²) in [5.74, 6) is 3.29. The lowest BCUT2D eigenvalue weighted by Crippen LogP contribution is -2.57. The Bertz CT molecular complexity index is 325. The molecule has 0 aromatic heterocycles. The Labute approximate surface area is 124 Å². The summed E-state index contributed by atoms with van der Waals surface area (Å²) in [7, 11) is 0. The predicted molar refractivity (Wildman–Crippen MR) is 81.3 cm³/mol. The molecule has 4 rings (SSSR count). The standard InChI is InChI=1S/C18H32O2/c1-5-12(2)16(20-19)17(3,4)18-9-13-6-14(10-18)8-15(7-13)11-18/h12-16,19H,5-11H2,1-4H3. The van der Waals surface area contributed by atoms with Gasteiger partial charge in [0.25, 0.3) is 0 Å². The van der Waals surface area contributed by atoms with Crippen molar-refractivity contribution >= 4 is 0 Å². The first-order chi connectivity index (χ1) is 9.41. The van der Waals surface area contributed by atoms with Gasteiger partial charge >= 0.3 is 0 Å². The van der Waals surface area contributed by atoms with Gasteiger partial charge in [-0.05, 0) is 67.6 Å². The number of rotatable bonds is 5. The zero-order valence-corrected chi connectivity index (χ0v) is 13.7. The summed E-state index contributed by atoms with van der Waals surface area (Å²) in [6.45, 7) is 9.16. The van der Waals surface area contributed by atoms with Crippen LogP contribution in [-0.4, -0.2) is 11.4 Å². The van der Waals surface area contributed by atoms with E-state index in [1.807, 2.05) is 0 Å². The van der Waals surface area contributed by atoms with Crippen LogP contribution in [0.2, 0.25) is 0 Å². The van der Waals surface area contributed by atoms with Crippen molar-refractivity contribution in [2.45, 2.75) is 78.7 Å². The fraction of sp³-hybridized carbons (Fsp3) is 1.00. The normalized spacial score (nSPS) is 42.8. The quantitative estimate of drug-likeness (QED) is 0.558. The van der Waals surface area contributed by atoms with Gasteiger partial charge in [-0.2, -0.15) is 0 Å². The number of hydrogen-bond donors (Lipinski definition) is 1. The zero-order chi connectivity index (χ0) is 14.5. The van der Waals surface area contributed by atoms with Crippen LogP contribution in [0.15, 0.2) is 0 Å². The second-order valence-electron chi connectivity index (χ2n) is 8.83. The molecule has 0 aromatic rings. The van der Waals surface area contributed by atoms with Gasteiger partial charge in [-0.15, -0.1) is 0 Å². The lowest BCUT2D eigenvalue weighted by Gasteiger charge is -2.64. The van der Waals surface area contributed by atoms with E-state index in [-0.39, 0.29) is 11.5 Å². The van der Waals surface area contributed by atoms with Gasteiger partial charge in [0.15, 0.2) is 0 Å². The molecule has 0 spiro atoms. The second kappa shape index (κ2) is 4.98. The van der Waals surface area contributed by atoms with Crippen molar-refractivity contribution in [1.82, 2.24) is 0 Å². The Morgan fingerprint density at radius 1 is 1.10 bits per heavy atom. The Balaban J connectivity index is 1.89. The third kappa shape index (κ3) is 2.06. The van der Waals surface area contributed by atoms with Crippen LogP contribution in [0.25, 0.3) is 0 Å². The smallest absolute Gasteiger partial charge is 0.101 e. The van der Waals surface area contributed by atoms with Crippen LogP contribution in [0, 0.1) is 34.5 Å². The summed E-state index contributed by atoms with van der Waals surface area (Å²) in [6.07, 6.45) is 9.60. The van der Waals surface area contributed by atoms with Crippen molar-refractivity contribution in [1.29, 1.82) is 0 Å². The average molecular weight is 280 g/mol. The van der Waals surface area contributed by atoms with Gasteiger partial charge in [0.05, 0.1) is 0 Å². The van der Waals surface area contributed by atoms with E-state index in [9.17, 15) is 5.26 Å². The summed E-state index contributed by atoms with van der Waals surface area (Å²) >= 11 is 0. The van der Waals surface area contributed by atoms with Crippen molar-refractivity contribution in [3.05, 3.63) is 0 Å². The van der Waals surface area contributed by atoms with Crippen molar-refractivity contribution < 1.29 is 10.1 Å². The van der Waals surface area contributed by atoms with E-state index in [0.717, 1.165) is 24.2 Å². The van der Waals surface area contributed by atoms with Crippen LogP contribution < -0.4 is 0 Å². The highest BCUT2D eigenvalue weighted by molar-refractivity contribution is 5.09. The molecule has 4 aliphatic carbocycles. The first kappa shape index (κ1) is 14.8. The van der Waals surface area contributed by atoms with Gasteiger partial charge in [-0.25, -0.2) is 4.89 Å². The third-order valence-corrected chi connectivity index (χ3v) is 7.39. The number of hydrogen-bond acceptors (Lipinski definition) is 2. The van der Waals surface area contributed by atoms with Crippen LogP contribution >= 0.6 is 0 Å². The summed E-state index contributed by atoms with van der Waals surface area (Å²) in [5.41, 5.74) is 0.492. The fourth-order valence-corrected chi connectivity index (χ4v) is 6.36. The van der Waals surface area contributed by atoms with E-state index in [1.54, 1.807) is 0 Å². The maximum absolute atomic E-state index is 9.56. The monoisotopic (exact) mass is 280 g/mol. The maximum atomic E-state index is 9.56. The van der Waals surface area contributed by atoms with Crippen LogP contribution in [0.4, 0.5) is 0 Å². The van der Waals surface area contributed by atoms with Crippen molar-refractivity contribution in [2.24, 2.45) is 34.5 Å². The lowest BCUT2D eigenvalue weighted by atomic mass is 9.42. The summed E-state index contributed by atoms with van der Waals surface area (Å²) < 4.78 is 0. The molecule has 2 nitrogen and oxygen atoms in total. The molecular formula is C18H32O2. The predicted octanol–water partition coefficient (Wildman–Crippen LogP) is 5.13. The van der Waals surface area contributed by atoms with E-state index in [2.05, 4.69) is 27.7 Å². The lowest BCUT2D eigenvalue weighted by molar-refractivity contribution is -0.332. The average Bonchev–Trinajstić information content (AvgIpc) is 2.37. The molecule has 0 aromatic carbocycles. The second-order valence-corrected chi connectivity index (χ2v) is 8.83. The molecule has 2 heteroatoms. The van der Waals surface area contributed by atoms with Crippen LogP contribution in [-0.2, 0) is 4.89 Å². The minimum absolute atomic E-state index is 0.0243. The van der Waals surface area contributed by atoms with E-state index in [4.69, 9.17) is 4.89 Å². The molecule has 0 saturated heterocycles. The molecular weight excluding hydrogens is 248 g/mol. The highest BCUT2D eigenvalue weighted by atomic mass is 17.1. The van der Waals surface area contributed by atoms with Gasteiger partial charge in [-0.1, -0.05) is 34.1 Å². The van der Waals surface area contributed by atoms with E-state index < -0.39 is 0 Å². The first-order valence-corrected chi connectivity index (χ1v) is 8.72. The van der Waals surface area contributed by atoms with E-state index in [0.29, 0.717) is 11.3 Å². The molecule has 4 fully saturated rings. The fourth-order valence-electron chi connectivity index (χ4n) is 6.36. The highest BCUT2D eigenvalue weighted by Crippen LogP contribution is 2.67. The van der Waals surface area contributed by atoms with Crippen molar-refractivity contribution in [2.75, 3.05) is 0 Å². The molecule has 0 aliphatic heterocycles. The highest BCUT2D eigenvalue weighted by Gasteiger charge is 2.59. The van der Waals surface area contributed by atoms with Crippen LogP contribution in [0.3, 0.4) is 0 Å². The molecule has 116 valence electrons. The maximum Gasteiger partial charge on any atom is 0.101 e. The Morgan fingerprint density at radius 2 is 1.55 bits per heavy atom. The molecule has 1 N–H and O–H groups in total. The molecule has 4 bridgehead atoms. The first-order valence-electron chi connectivity index (χ1n) is 8.72.